The van der Waals surface area contributed by atoms with Gasteiger partial charge in [0, 0.05) is 18.5 Å². The van der Waals surface area contributed by atoms with E-state index in [4.69, 9.17) is 9.84 Å². The van der Waals surface area contributed by atoms with Gasteiger partial charge in [-0.15, -0.1) is 0 Å². The van der Waals surface area contributed by atoms with Crippen LogP contribution in [0.4, 0.5) is 0 Å². The molecule has 1 aromatic carbocycles. The molecule has 4 heteroatoms. The van der Waals surface area contributed by atoms with Crippen LogP contribution in [0.15, 0.2) is 24.3 Å². The number of aliphatic hydroxyl groups excluding tert-OH is 1. The van der Waals surface area contributed by atoms with Crippen LogP contribution >= 0.6 is 0 Å². The number of carbonyl (C=O) groups is 1. The van der Waals surface area contributed by atoms with Crippen LogP contribution in [-0.4, -0.2) is 47.8 Å². The van der Waals surface area contributed by atoms with E-state index in [2.05, 4.69) is 11.8 Å². The Balaban J connectivity index is 2.29. The lowest BCUT2D eigenvalue weighted by Crippen LogP contribution is -2.55. The van der Waals surface area contributed by atoms with Crippen molar-refractivity contribution < 1.29 is 14.6 Å². The summed E-state index contributed by atoms with van der Waals surface area (Å²) in [6.07, 6.45) is 0.408. The minimum absolute atomic E-state index is 0.0165. The van der Waals surface area contributed by atoms with E-state index in [1.54, 1.807) is 6.07 Å². The quantitative estimate of drug-likeness (QED) is 0.842. The van der Waals surface area contributed by atoms with Crippen molar-refractivity contribution in [2.24, 2.45) is 0 Å². The van der Waals surface area contributed by atoms with Gasteiger partial charge in [-0.1, -0.05) is 24.0 Å². The number of ether oxygens (including phenoxy) is 1. The van der Waals surface area contributed by atoms with Gasteiger partial charge in [-0.25, -0.2) is 0 Å². The predicted octanol–water partition coefficient (Wildman–Crippen LogP) is 1.67. The van der Waals surface area contributed by atoms with Crippen LogP contribution in [0.2, 0.25) is 0 Å². The van der Waals surface area contributed by atoms with Crippen LogP contribution in [0.25, 0.3) is 0 Å². The first-order chi connectivity index (χ1) is 10.1. The highest BCUT2D eigenvalue weighted by molar-refractivity contribution is 5.97. The first kappa shape index (κ1) is 15.6. The molecular weight excluding hydrogens is 266 g/mol. The standard InChI is InChI=1S/C17H21NO3/c1-17(2)13-21-12-10-18(17)16(20)15-9-4-3-7-14(15)8-5-6-11-19/h3-4,7,9,19H,6,10-13H2,1-2H3. The van der Waals surface area contributed by atoms with E-state index in [-0.39, 0.29) is 18.1 Å². The van der Waals surface area contributed by atoms with Gasteiger partial charge in [-0.3, -0.25) is 4.79 Å². The minimum atomic E-state index is -0.318. The molecule has 1 aliphatic rings. The van der Waals surface area contributed by atoms with Crippen LogP contribution in [0.3, 0.4) is 0 Å². The summed E-state index contributed by atoms with van der Waals surface area (Å²) in [6.45, 7) is 5.72. The zero-order valence-corrected chi connectivity index (χ0v) is 12.6. The molecule has 21 heavy (non-hydrogen) atoms. The van der Waals surface area contributed by atoms with Crippen molar-refractivity contribution >= 4 is 5.91 Å². The molecule has 1 N–H and O–H groups in total. The maximum absolute atomic E-state index is 12.8. The van der Waals surface area contributed by atoms with E-state index >= 15 is 0 Å². The number of aliphatic hydroxyl groups is 1. The molecule has 2 rings (SSSR count). The Morgan fingerprint density at radius 2 is 2.19 bits per heavy atom. The third-order valence-corrected chi connectivity index (χ3v) is 3.51. The van der Waals surface area contributed by atoms with Crippen molar-refractivity contribution in [3.05, 3.63) is 35.4 Å². The van der Waals surface area contributed by atoms with Gasteiger partial charge in [0.05, 0.1) is 30.9 Å². The van der Waals surface area contributed by atoms with Gasteiger partial charge in [0.2, 0.25) is 0 Å². The number of hydrogen-bond acceptors (Lipinski definition) is 3. The molecule has 0 spiro atoms. The Hall–Kier alpha value is -1.83. The molecule has 0 saturated carbocycles. The smallest absolute Gasteiger partial charge is 0.255 e. The number of amides is 1. The Morgan fingerprint density at radius 1 is 1.43 bits per heavy atom. The normalized spacial score (nSPS) is 17.0. The number of benzene rings is 1. The molecule has 0 unspecified atom stereocenters. The fourth-order valence-corrected chi connectivity index (χ4v) is 2.37. The van der Waals surface area contributed by atoms with Crippen molar-refractivity contribution in [2.45, 2.75) is 25.8 Å². The lowest BCUT2D eigenvalue weighted by atomic mass is 9.99. The SMILES string of the molecule is CC1(C)COCCN1C(=O)c1ccccc1C#CCCO. The number of hydrogen-bond donors (Lipinski definition) is 1. The van der Waals surface area contributed by atoms with Crippen molar-refractivity contribution in [1.82, 2.24) is 4.90 Å². The second kappa shape index (κ2) is 6.75. The Kier molecular flexibility index (Phi) is 5.00. The van der Waals surface area contributed by atoms with E-state index in [1.165, 1.54) is 0 Å². The minimum Gasteiger partial charge on any atom is -0.395 e. The average Bonchev–Trinajstić information content (AvgIpc) is 2.47. The van der Waals surface area contributed by atoms with Gasteiger partial charge < -0.3 is 14.7 Å². The van der Waals surface area contributed by atoms with Crippen LogP contribution < -0.4 is 0 Å². The van der Waals surface area contributed by atoms with Crippen molar-refractivity contribution in [1.29, 1.82) is 0 Å². The molecule has 1 fully saturated rings. The molecule has 0 atom stereocenters. The van der Waals surface area contributed by atoms with E-state index in [1.807, 2.05) is 36.9 Å². The largest absolute Gasteiger partial charge is 0.395 e. The number of nitrogens with zero attached hydrogens (tertiary/aromatic N) is 1. The van der Waals surface area contributed by atoms with Crippen LogP contribution in [0, 0.1) is 11.8 Å². The summed E-state index contributed by atoms with van der Waals surface area (Å²) in [4.78, 5) is 14.7. The van der Waals surface area contributed by atoms with Gasteiger partial charge >= 0.3 is 0 Å². The summed E-state index contributed by atoms with van der Waals surface area (Å²) in [5, 5.41) is 8.80. The second-order valence-electron chi connectivity index (χ2n) is 5.64. The Labute approximate surface area is 125 Å². The third kappa shape index (κ3) is 3.63. The summed E-state index contributed by atoms with van der Waals surface area (Å²) < 4.78 is 5.46. The molecule has 0 aliphatic carbocycles. The lowest BCUT2D eigenvalue weighted by Gasteiger charge is -2.42. The molecule has 0 radical (unpaired) electrons. The monoisotopic (exact) mass is 287 g/mol. The number of morpholine rings is 1. The van der Waals surface area contributed by atoms with Gasteiger partial charge in [-0.05, 0) is 26.0 Å². The summed E-state index contributed by atoms with van der Waals surface area (Å²) in [7, 11) is 0. The van der Waals surface area contributed by atoms with Crippen molar-refractivity contribution in [2.75, 3.05) is 26.4 Å². The van der Waals surface area contributed by atoms with E-state index < -0.39 is 0 Å². The highest BCUT2D eigenvalue weighted by Crippen LogP contribution is 2.22. The molecule has 4 nitrogen and oxygen atoms in total. The fourth-order valence-electron chi connectivity index (χ4n) is 2.37. The van der Waals surface area contributed by atoms with Crippen molar-refractivity contribution in [3.8, 4) is 11.8 Å². The van der Waals surface area contributed by atoms with E-state index in [0.29, 0.717) is 37.3 Å². The summed E-state index contributed by atoms with van der Waals surface area (Å²) >= 11 is 0. The molecule has 0 bridgehead atoms. The lowest BCUT2D eigenvalue weighted by molar-refractivity contribution is -0.0370. The molecule has 0 aromatic heterocycles. The molecule has 1 saturated heterocycles. The zero-order chi connectivity index (χ0) is 15.3. The molecule has 1 heterocycles. The molecule has 1 amide bonds. The average molecular weight is 287 g/mol. The fraction of sp³-hybridized carbons (Fsp3) is 0.471. The van der Waals surface area contributed by atoms with Crippen LogP contribution in [0.1, 0.15) is 36.2 Å². The predicted molar refractivity (Wildman–Crippen MR) is 81.0 cm³/mol. The number of carbonyl (C=O) groups excluding carboxylic acids is 1. The summed E-state index contributed by atoms with van der Waals surface area (Å²) in [6, 6.07) is 7.35. The van der Waals surface area contributed by atoms with Gasteiger partial charge in [0.1, 0.15) is 0 Å². The first-order valence-corrected chi connectivity index (χ1v) is 7.15. The van der Waals surface area contributed by atoms with Gasteiger partial charge in [-0.2, -0.15) is 0 Å². The van der Waals surface area contributed by atoms with Gasteiger partial charge in [0.15, 0.2) is 0 Å². The molecular formula is C17H21NO3. The molecule has 112 valence electrons. The molecule has 1 aromatic rings. The van der Waals surface area contributed by atoms with Crippen LogP contribution in [0.5, 0.6) is 0 Å². The van der Waals surface area contributed by atoms with Crippen molar-refractivity contribution in [3.63, 3.8) is 0 Å². The maximum atomic E-state index is 12.8. The van der Waals surface area contributed by atoms with E-state index in [0.717, 1.165) is 0 Å². The topological polar surface area (TPSA) is 49.8 Å². The highest BCUT2D eigenvalue weighted by Gasteiger charge is 2.35. The first-order valence-electron chi connectivity index (χ1n) is 7.15. The number of rotatable bonds is 2. The highest BCUT2D eigenvalue weighted by atomic mass is 16.5. The second-order valence-corrected chi connectivity index (χ2v) is 5.64. The maximum Gasteiger partial charge on any atom is 0.255 e. The zero-order valence-electron chi connectivity index (χ0n) is 12.6. The summed E-state index contributed by atoms with van der Waals surface area (Å²) in [5.74, 6) is 5.83. The van der Waals surface area contributed by atoms with Gasteiger partial charge in [0.25, 0.3) is 5.91 Å². The van der Waals surface area contributed by atoms with Crippen LogP contribution in [-0.2, 0) is 4.74 Å². The summed E-state index contributed by atoms with van der Waals surface area (Å²) in [5.41, 5.74) is 0.997. The molecule has 1 aliphatic heterocycles. The Bertz CT molecular complexity index is 569. The third-order valence-electron chi connectivity index (χ3n) is 3.51. The Morgan fingerprint density at radius 3 is 2.90 bits per heavy atom. The van der Waals surface area contributed by atoms with E-state index in [9.17, 15) is 4.79 Å².